The highest BCUT2D eigenvalue weighted by molar-refractivity contribution is 5.74. The van der Waals surface area contributed by atoms with Gasteiger partial charge in [0.15, 0.2) is 0 Å². The summed E-state index contributed by atoms with van der Waals surface area (Å²) in [6, 6.07) is 0.0575. The first-order valence-electron chi connectivity index (χ1n) is 7.39. The molecule has 114 valence electrons. The molecule has 3 rings (SSSR count). The van der Waals surface area contributed by atoms with Crippen molar-refractivity contribution in [2.24, 2.45) is 5.92 Å². The number of carboxylic acids is 1. The molecule has 0 saturated carbocycles. The molecule has 7 heteroatoms. The Balaban J connectivity index is 1.54. The van der Waals surface area contributed by atoms with Crippen molar-refractivity contribution in [3.05, 3.63) is 18.2 Å². The Morgan fingerprint density at radius 1 is 1.29 bits per heavy atom. The van der Waals surface area contributed by atoms with Crippen molar-refractivity contribution in [3.8, 4) is 0 Å². The zero-order valence-electron chi connectivity index (χ0n) is 11.9. The molecule has 3 heterocycles. The molecule has 21 heavy (non-hydrogen) atoms. The summed E-state index contributed by atoms with van der Waals surface area (Å²) in [4.78, 5) is 31.1. The molecule has 7 nitrogen and oxygen atoms in total. The summed E-state index contributed by atoms with van der Waals surface area (Å²) in [7, 11) is 0. The number of urea groups is 1. The zero-order valence-corrected chi connectivity index (χ0v) is 11.9. The first-order valence-corrected chi connectivity index (χ1v) is 7.39. The molecular weight excluding hydrogens is 272 g/mol. The van der Waals surface area contributed by atoms with Gasteiger partial charge in [-0.1, -0.05) is 0 Å². The van der Waals surface area contributed by atoms with E-state index < -0.39 is 5.97 Å². The van der Waals surface area contributed by atoms with Gasteiger partial charge >= 0.3 is 12.0 Å². The van der Waals surface area contributed by atoms with E-state index in [1.54, 1.807) is 6.20 Å². The largest absolute Gasteiger partial charge is 0.481 e. The molecule has 0 bridgehead atoms. The van der Waals surface area contributed by atoms with Gasteiger partial charge in [-0.25, -0.2) is 9.78 Å². The second-order valence-electron chi connectivity index (χ2n) is 5.77. The Morgan fingerprint density at radius 3 is 2.95 bits per heavy atom. The number of fused-ring (bicyclic) bond motifs is 1. The lowest BCUT2D eigenvalue weighted by atomic mass is 10.0. The lowest BCUT2D eigenvalue weighted by molar-refractivity contribution is -0.137. The van der Waals surface area contributed by atoms with Crippen LogP contribution in [0.25, 0.3) is 0 Å². The van der Waals surface area contributed by atoms with Crippen LogP contribution >= 0.6 is 0 Å². The first kappa shape index (κ1) is 13.9. The molecule has 0 radical (unpaired) electrons. The van der Waals surface area contributed by atoms with Gasteiger partial charge in [0.1, 0.15) is 5.82 Å². The highest BCUT2D eigenvalue weighted by Gasteiger charge is 2.31. The predicted molar refractivity (Wildman–Crippen MR) is 74.6 cm³/mol. The minimum atomic E-state index is -0.761. The quantitative estimate of drug-likeness (QED) is 0.901. The summed E-state index contributed by atoms with van der Waals surface area (Å²) < 4.78 is 2.07. The van der Waals surface area contributed by atoms with Gasteiger partial charge in [-0.3, -0.25) is 4.79 Å². The highest BCUT2D eigenvalue weighted by Crippen LogP contribution is 2.23. The number of carbonyl (C=O) groups excluding carboxylic acids is 1. The van der Waals surface area contributed by atoms with E-state index in [0.29, 0.717) is 32.0 Å². The van der Waals surface area contributed by atoms with Crippen LogP contribution in [0.3, 0.4) is 0 Å². The van der Waals surface area contributed by atoms with Crippen molar-refractivity contribution in [2.75, 3.05) is 19.6 Å². The van der Waals surface area contributed by atoms with E-state index in [9.17, 15) is 9.59 Å². The molecule has 2 amide bonds. The number of nitrogens with zero attached hydrogens (tertiary/aromatic N) is 4. The van der Waals surface area contributed by atoms with E-state index in [2.05, 4.69) is 9.55 Å². The SMILES string of the molecule is O=C(O)CCC1CCN(C(=O)N2CCn3ccnc3C2)C1. The Labute approximate surface area is 123 Å². The fourth-order valence-corrected chi connectivity index (χ4v) is 3.11. The second-order valence-corrected chi connectivity index (χ2v) is 5.77. The van der Waals surface area contributed by atoms with E-state index in [4.69, 9.17) is 5.11 Å². The summed E-state index contributed by atoms with van der Waals surface area (Å²) in [5.41, 5.74) is 0. The Bertz CT molecular complexity index is 542. The van der Waals surface area contributed by atoms with Gasteiger partial charge in [0.25, 0.3) is 0 Å². The monoisotopic (exact) mass is 292 g/mol. The number of likely N-dealkylation sites (tertiary alicyclic amines) is 1. The van der Waals surface area contributed by atoms with Crippen LogP contribution in [0.15, 0.2) is 12.4 Å². The number of amides is 2. The van der Waals surface area contributed by atoms with E-state index in [-0.39, 0.29) is 12.5 Å². The number of rotatable bonds is 3. The molecule has 1 N–H and O–H groups in total. The van der Waals surface area contributed by atoms with Gasteiger partial charge in [-0.05, 0) is 18.8 Å². The van der Waals surface area contributed by atoms with Crippen molar-refractivity contribution in [2.45, 2.75) is 32.4 Å². The lowest BCUT2D eigenvalue weighted by Gasteiger charge is -2.31. The van der Waals surface area contributed by atoms with Gasteiger partial charge in [0.05, 0.1) is 6.54 Å². The molecule has 1 unspecified atom stereocenters. The number of carboxylic acid groups (broad SMARTS) is 1. The van der Waals surface area contributed by atoms with Crippen LogP contribution < -0.4 is 0 Å². The smallest absolute Gasteiger partial charge is 0.320 e. The number of hydrogen-bond acceptors (Lipinski definition) is 3. The van der Waals surface area contributed by atoms with Crippen LogP contribution in [0.5, 0.6) is 0 Å². The maximum absolute atomic E-state index is 12.5. The lowest BCUT2D eigenvalue weighted by Crippen LogP contribution is -2.45. The van der Waals surface area contributed by atoms with E-state index in [0.717, 1.165) is 25.3 Å². The van der Waals surface area contributed by atoms with Gasteiger partial charge < -0.3 is 19.5 Å². The third kappa shape index (κ3) is 3.01. The Kier molecular flexibility index (Phi) is 3.81. The maximum atomic E-state index is 12.5. The summed E-state index contributed by atoms with van der Waals surface area (Å²) in [5.74, 6) is 0.482. The average molecular weight is 292 g/mol. The summed E-state index contributed by atoms with van der Waals surface area (Å²) in [6.45, 7) is 3.46. The second kappa shape index (κ2) is 5.75. The van der Waals surface area contributed by atoms with Crippen molar-refractivity contribution in [1.29, 1.82) is 0 Å². The van der Waals surface area contributed by atoms with Crippen LogP contribution in [-0.4, -0.2) is 56.1 Å². The zero-order chi connectivity index (χ0) is 14.8. The van der Waals surface area contributed by atoms with Crippen LogP contribution in [0.4, 0.5) is 4.79 Å². The molecule has 2 aliphatic heterocycles. The number of carbonyl (C=O) groups is 2. The minimum Gasteiger partial charge on any atom is -0.481 e. The van der Waals surface area contributed by atoms with Crippen molar-refractivity contribution in [3.63, 3.8) is 0 Å². The van der Waals surface area contributed by atoms with Gasteiger partial charge in [-0.15, -0.1) is 0 Å². The predicted octanol–water partition coefficient (Wildman–Crippen LogP) is 1.01. The van der Waals surface area contributed by atoms with Crippen LogP contribution in [0, 0.1) is 5.92 Å². The fourth-order valence-electron chi connectivity index (χ4n) is 3.11. The number of hydrogen-bond donors (Lipinski definition) is 1. The molecule has 1 aromatic heterocycles. The van der Waals surface area contributed by atoms with Crippen molar-refractivity contribution in [1.82, 2.24) is 19.4 Å². The average Bonchev–Trinajstić information content (AvgIpc) is 3.12. The van der Waals surface area contributed by atoms with Crippen molar-refractivity contribution >= 4 is 12.0 Å². The molecule has 1 atom stereocenters. The third-order valence-corrected chi connectivity index (χ3v) is 4.34. The standard InChI is InChI=1S/C14H20N4O3/c19-13(20)2-1-11-3-5-17(9-11)14(21)18-8-7-16-6-4-15-12(16)10-18/h4,6,11H,1-3,5,7-10H2,(H,19,20). The maximum Gasteiger partial charge on any atom is 0.320 e. The van der Waals surface area contributed by atoms with Crippen LogP contribution in [0.1, 0.15) is 25.1 Å². The number of aromatic nitrogens is 2. The molecule has 1 fully saturated rings. The summed E-state index contributed by atoms with van der Waals surface area (Å²) in [5, 5.41) is 8.73. The van der Waals surface area contributed by atoms with Gasteiger partial charge in [-0.2, -0.15) is 0 Å². The van der Waals surface area contributed by atoms with Gasteiger partial charge in [0.2, 0.25) is 0 Å². The molecule has 1 saturated heterocycles. The normalized spacial score (nSPS) is 21.4. The molecule has 2 aliphatic rings. The van der Waals surface area contributed by atoms with Crippen LogP contribution in [0.2, 0.25) is 0 Å². The van der Waals surface area contributed by atoms with E-state index in [1.165, 1.54) is 0 Å². The topological polar surface area (TPSA) is 78.7 Å². The molecule has 0 spiro atoms. The van der Waals surface area contributed by atoms with Crippen molar-refractivity contribution < 1.29 is 14.7 Å². The Morgan fingerprint density at radius 2 is 2.14 bits per heavy atom. The fraction of sp³-hybridized carbons (Fsp3) is 0.643. The number of imidazole rings is 1. The molecule has 0 aromatic carbocycles. The summed E-state index contributed by atoms with van der Waals surface area (Å²) >= 11 is 0. The summed E-state index contributed by atoms with van der Waals surface area (Å²) in [6.07, 6.45) is 5.45. The minimum absolute atomic E-state index is 0.0575. The number of aliphatic carboxylic acids is 1. The first-order chi connectivity index (χ1) is 10.1. The highest BCUT2D eigenvalue weighted by atomic mass is 16.4. The molecule has 0 aliphatic carbocycles. The van der Waals surface area contributed by atoms with Crippen LogP contribution in [-0.2, 0) is 17.9 Å². The van der Waals surface area contributed by atoms with Gasteiger partial charge in [0, 0.05) is 45.0 Å². The molecular formula is C14H20N4O3. The molecule has 1 aromatic rings. The van der Waals surface area contributed by atoms with E-state index in [1.807, 2.05) is 16.0 Å². The Hall–Kier alpha value is -2.05. The third-order valence-electron chi connectivity index (χ3n) is 4.34. The van der Waals surface area contributed by atoms with E-state index >= 15 is 0 Å².